The Morgan fingerprint density at radius 3 is 2.19 bits per heavy atom. The minimum Gasteiger partial charge on any atom is -0.343 e. The van der Waals surface area contributed by atoms with Gasteiger partial charge in [-0.2, -0.15) is 0 Å². The fourth-order valence-electron chi connectivity index (χ4n) is 2.95. The van der Waals surface area contributed by atoms with Gasteiger partial charge in [0, 0.05) is 6.54 Å². The summed E-state index contributed by atoms with van der Waals surface area (Å²) in [5.74, 6) is 0.0463. The van der Waals surface area contributed by atoms with Gasteiger partial charge in [-0.05, 0) is 26.7 Å². The van der Waals surface area contributed by atoms with E-state index in [1.165, 1.54) is 32.1 Å². The van der Waals surface area contributed by atoms with Crippen molar-refractivity contribution in [2.45, 2.75) is 90.6 Å². The van der Waals surface area contributed by atoms with Crippen molar-refractivity contribution in [3.63, 3.8) is 0 Å². The number of piperazine rings is 1. The highest BCUT2D eigenvalue weighted by Crippen LogP contribution is 2.25. The first-order valence-electron chi connectivity index (χ1n) is 8.59. The Balaban J connectivity index is 2.45. The number of hydrogen-bond acceptors (Lipinski definition) is 2. The molecule has 0 aromatic rings. The Morgan fingerprint density at radius 1 is 1.05 bits per heavy atom. The third-order valence-corrected chi connectivity index (χ3v) is 4.74. The van der Waals surface area contributed by atoms with Crippen LogP contribution in [0.15, 0.2) is 0 Å². The van der Waals surface area contributed by atoms with Gasteiger partial charge in [-0.1, -0.05) is 52.4 Å². The van der Waals surface area contributed by atoms with E-state index >= 15 is 0 Å². The second kappa shape index (κ2) is 8.40. The van der Waals surface area contributed by atoms with Gasteiger partial charge >= 0.3 is 0 Å². The summed E-state index contributed by atoms with van der Waals surface area (Å²) in [5, 5.41) is 2.80. The van der Waals surface area contributed by atoms with Crippen LogP contribution >= 0.6 is 0 Å². The maximum Gasteiger partial charge on any atom is 0.246 e. The molecule has 0 aromatic heterocycles. The second-order valence-corrected chi connectivity index (χ2v) is 6.43. The maximum atomic E-state index is 12.4. The molecule has 1 aliphatic rings. The average Bonchev–Trinajstić information content (AvgIpc) is 2.47. The summed E-state index contributed by atoms with van der Waals surface area (Å²) < 4.78 is 0. The standard InChI is InChI=1S/C17H32N2O2/c1-5-7-8-9-10-11-12-13-19-15(20)14(3)18-16(21)17(19,4)6-2/h14H,5-13H2,1-4H3,(H,18,21). The van der Waals surface area contributed by atoms with Crippen molar-refractivity contribution in [1.29, 1.82) is 0 Å². The molecule has 4 nitrogen and oxygen atoms in total. The zero-order chi connectivity index (χ0) is 15.9. The molecule has 4 heteroatoms. The number of rotatable bonds is 9. The molecule has 0 radical (unpaired) electrons. The topological polar surface area (TPSA) is 49.4 Å². The third kappa shape index (κ3) is 4.45. The third-order valence-electron chi connectivity index (χ3n) is 4.74. The smallest absolute Gasteiger partial charge is 0.246 e. The Morgan fingerprint density at radius 2 is 1.62 bits per heavy atom. The predicted octanol–water partition coefficient (Wildman–Crippen LogP) is 3.25. The van der Waals surface area contributed by atoms with Gasteiger partial charge in [-0.25, -0.2) is 0 Å². The van der Waals surface area contributed by atoms with Crippen molar-refractivity contribution in [3.8, 4) is 0 Å². The molecule has 0 aromatic carbocycles. The average molecular weight is 296 g/mol. The Kier molecular flexibility index (Phi) is 7.20. The van der Waals surface area contributed by atoms with Crippen molar-refractivity contribution in [3.05, 3.63) is 0 Å². The fraction of sp³-hybridized carbons (Fsp3) is 0.882. The van der Waals surface area contributed by atoms with Crippen LogP contribution < -0.4 is 5.32 Å². The second-order valence-electron chi connectivity index (χ2n) is 6.43. The van der Waals surface area contributed by atoms with Crippen LogP contribution in [0.2, 0.25) is 0 Å². The predicted molar refractivity (Wildman–Crippen MR) is 86.0 cm³/mol. The molecule has 0 saturated carbocycles. The largest absolute Gasteiger partial charge is 0.343 e. The number of carbonyl (C=O) groups excluding carboxylic acids is 2. The summed E-state index contributed by atoms with van der Waals surface area (Å²) in [7, 11) is 0. The van der Waals surface area contributed by atoms with E-state index in [0.717, 1.165) is 12.8 Å². The van der Waals surface area contributed by atoms with Gasteiger partial charge in [0.15, 0.2) is 0 Å². The summed E-state index contributed by atoms with van der Waals surface area (Å²) in [5.41, 5.74) is -0.675. The molecule has 1 heterocycles. The quantitative estimate of drug-likeness (QED) is 0.664. The number of unbranched alkanes of at least 4 members (excludes halogenated alkanes) is 6. The fourth-order valence-corrected chi connectivity index (χ4v) is 2.95. The lowest BCUT2D eigenvalue weighted by Crippen LogP contribution is -2.68. The van der Waals surface area contributed by atoms with E-state index in [-0.39, 0.29) is 17.9 Å². The number of hydrogen-bond donors (Lipinski definition) is 1. The molecule has 122 valence electrons. The van der Waals surface area contributed by atoms with Gasteiger partial charge in [0.2, 0.25) is 11.8 Å². The first-order valence-corrected chi connectivity index (χ1v) is 8.59. The molecular formula is C17H32N2O2. The highest BCUT2D eigenvalue weighted by atomic mass is 16.2. The van der Waals surface area contributed by atoms with Crippen molar-refractivity contribution in [1.82, 2.24) is 10.2 Å². The van der Waals surface area contributed by atoms with Crippen LogP contribution in [0.1, 0.15) is 79.1 Å². The molecule has 0 bridgehead atoms. The molecule has 1 rings (SSSR count). The molecule has 1 N–H and O–H groups in total. The molecule has 1 aliphatic heterocycles. The summed E-state index contributed by atoms with van der Waals surface area (Å²) in [4.78, 5) is 26.4. The summed E-state index contributed by atoms with van der Waals surface area (Å²) in [6.45, 7) is 8.55. The normalized spacial score (nSPS) is 26.1. The van der Waals surface area contributed by atoms with Gasteiger partial charge in [-0.3, -0.25) is 9.59 Å². The Labute approximate surface area is 129 Å². The maximum absolute atomic E-state index is 12.4. The van der Waals surface area contributed by atoms with E-state index in [1.54, 1.807) is 6.92 Å². The molecule has 1 fully saturated rings. The van der Waals surface area contributed by atoms with E-state index in [9.17, 15) is 9.59 Å². The van der Waals surface area contributed by atoms with E-state index in [1.807, 2.05) is 18.7 Å². The van der Waals surface area contributed by atoms with Crippen LogP contribution in [-0.2, 0) is 9.59 Å². The molecule has 0 aliphatic carbocycles. The molecular weight excluding hydrogens is 264 g/mol. The highest BCUT2D eigenvalue weighted by molar-refractivity contribution is 5.99. The van der Waals surface area contributed by atoms with Gasteiger partial charge in [0.05, 0.1) is 0 Å². The highest BCUT2D eigenvalue weighted by Gasteiger charge is 2.46. The van der Waals surface area contributed by atoms with Crippen molar-refractivity contribution in [2.75, 3.05) is 6.54 Å². The molecule has 2 unspecified atom stereocenters. The van der Waals surface area contributed by atoms with Crippen LogP contribution in [0.3, 0.4) is 0 Å². The molecule has 0 spiro atoms. The lowest BCUT2D eigenvalue weighted by molar-refractivity contribution is -0.156. The van der Waals surface area contributed by atoms with Gasteiger partial charge < -0.3 is 10.2 Å². The van der Waals surface area contributed by atoms with Gasteiger partial charge in [-0.15, -0.1) is 0 Å². The molecule has 1 saturated heterocycles. The van der Waals surface area contributed by atoms with Crippen molar-refractivity contribution in [2.24, 2.45) is 0 Å². The first kappa shape index (κ1) is 18.0. The lowest BCUT2D eigenvalue weighted by atomic mass is 9.90. The van der Waals surface area contributed by atoms with Crippen LogP contribution in [0, 0.1) is 0 Å². The van der Waals surface area contributed by atoms with Crippen LogP contribution in [0.25, 0.3) is 0 Å². The first-order chi connectivity index (χ1) is 9.97. The number of nitrogens with zero attached hydrogens (tertiary/aromatic N) is 1. The minimum atomic E-state index is -0.675. The van der Waals surface area contributed by atoms with E-state index < -0.39 is 5.54 Å². The Hall–Kier alpha value is -1.06. The van der Waals surface area contributed by atoms with E-state index in [2.05, 4.69) is 12.2 Å². The summed E-state index contributed by atoms with van der Waals surface area (Å²) in [6.07, 6.45) is 9.20. The Bertz CT molecular complexity index is 357. The molecule has 2 atom stereocenters. The zero-order valence-electron chi connectivity index (χ0n) is 14.2. The number of carbonyl (C=O) groups is 2. The van der Waals surface area contributed by atoms with E-state index in [4.69, 9.17) is 0 Å². The van der Waals surface area contributed by atoms with Crippen molar-refractivity contribution >= 4 is 11.8 Å². The summed E-state index contributed by atoms with van der Waals surface area (Å²) in [6, 6.07) is -0.387. The molecule has 2 amide bonds. The van der Waals surface area contributed by atoms with Crippen molar-refractivity contribution < 1.29 is 9.59 Å². The van der Waals surface area contributed by atoms with Crippen LogP contribution in [0.5, 0.6) is 0 Å². The minimum absolute atomic E-state index is 0.0138. The monoisotopic (exact) mass is 296 g/mol. The lowest BCUT2D eigenvalue weighted by Gasteiger charge is -2.45. The number of amides is 2. The molecule has 21 heavy (non-hydrogen) atoms. The van der Waals surface area contributed by atoms with E-state index in [0.29, 0.717) is 13.0 Å². The van der Waals surface area contributed by atoms with Gasteiger partial charge in [0.1, 0.15) is 11.6 Å². The number of nitrogens with one attached hydrogen (secondary N) is 1. The van der Waals surface area contributed by atoms with Crippen LogP contribution in [0.4, 0.5) is 0 Å². The van der Waals surface area contributed by atoms with Gasteiger partial charge in [0.25, 0.3) is 0 Å². The summed E-state index contributed by atoms with van der Waals surface area (Å²) >= 11 is 0. The zero-order valence-corrected chi connectivity index (χ0v) is 14.2. The SMILES string of the molecule is CCCCCCCCCN1C(=O)C(C)NC(=O)C1(C)CC. The van der Waals surface area contributed by atoms with Crippen LogP contribution in [-0.4, -0.2) is 34.8 Å².